The molecule has 2 nitrogen and oxygen atoms in total. The molecule has 166 valence electrons. The molecule has 2 heteroatoms. The number of hydrogen-bond acceptors (Lipinski definition) is 2. The summed E-state index contributed by atoms with van der Waals surface area (Å²) in [6.07, 6.45) is 4.78. The van der Waals surface area contributed by atoms with Crippen molar-refractivity contribution < 1.29 is 4.74 Å². The maximum atomic E-state index is 7.85. The fourth-order valence-electron chi connectivity index (χ4n) is 4.28. The summed E-state index contributed by atoms with van der Waals surface area (Å²) in [7, 11) is 0. The summed E-state index contributed by atoms with van der Waals surface area (Å²) in [5.41, 5.74) is 5.38. The average Bonchev–Trinajstić information content (AvgIpc) is 2.82. The number of fused-ring (bicyclic) bond motifs is 1. The van der Waals surface area contributed by atoms with Crippen LogP contribution in [-0.4, -0.2) is 11.8 Å². The number of nitrogens with one attached hydrogen (secondary N) is 1. The van der Waals surface area contributed by atoms with Crippen LogP contribution >= 0.6 is 0 Å². The van der Waals surface area contributed by atoms with Gasteiger partial charge in [0.25, 0.3) is 0 Å². The number of benzene rings is 4. The van der Waals surface area contributed by atoms with Crippen LogP contribution in [0.2, 0.25) is 0 Å². The Morgan fingerprint density at radius 3 is 2.27 bits per heavy atom. The van der Waals surface area contributed by atoms with E-state index in [9.17, 15) is 0 Å². The zero-order valence-corrected chi connectivity index (χ0v) is 19.6. The van der Waals surface area contributed by atoms with Gasteiger partial charge in [0.1, 0.15) is 5.75 Å². The quantitative estimate of drug-likeness (QED) is 0.280. The van der Waals surface area contributed by atoms with Crippen LogP contribution in [0, 0.1) is 5.41 Å². The number of rotatable bonds is 8. The molecule has 0 spiro atoms. The molecule has 0 heterocycles. The lowest BCUT2D eigenvalue weighted by atomic mass is 9.83. The second kappa shape index (κ2) is 10.3. The van der Waals surface area contributed by atoms with Gasteiger partial charge in [-0.05, 0) is 66.8 Å². The highest BCUT2D eigenvalue weighted by Gasteiger charge is 2.20. The van der Waals surface area contributed by atoms with Crippen molar-refractivity contribution in [2.75, 3.05) is 0 Å². The number of allylic oxidation sites excluding steroid dienone is 1. The van der Waals surface area contributed by atoms with Gasteiger partial charge in [0.05, 0.1) is 6.10 Å². The van der Waals surface area contributed by atoms with E-state index in [4.69, 9.17) is 10.1 Å². The zero-order chi connectivity index (χ0) is 23.2. The van der Waals surface area contributed by atoms with E-state index in [0.717, 1.165) is 17.7 Å². The predicted molar refractivity (Wildman–Crippen MR) is 141 cm³/mol. The van der Waals surface area contributed by atoms with Crippen molar-refractivity contribution in [3.05, 3.63) is 119 Å². The third kappa shape index (κ3) is 5.59. The lowest BCUT2D eigenvalue weighted by Crippen LogP contribution is -2.11. The predicted octanol–water partition coefficient (Wildman–Crippen LogP) is 8.05. The van der Waals surface area contributed by atoms with Crippen molar-refractivity contribution in [1.29, 1.82) is 5.41 Å². The zero-order valence-electron chi connectivity index (χ0n) is 19.6. The van der Waals surface area contributed by atoms with Gasteiger partial charge in [-0.25, -0.2) is 0 Å². The SMILES string of the molecule is CC(=N)/C=C\c1cccc(OC(C)C)c1CC(c1ccccc1)c1ccc2ccccc2c1. The Morgan fingerprint density at radius 2 is 1.55 bits per heavy atom. The molecule has 4 aromatic carbocycles. The molecule has 0 saturated carbocycles. The molecule has 0 aliphatic carbocycles. The van der Waals surface area contributed by atoms with Crippen LogP contribution in [0.4, 0.5) is 0 Å². The molecule has 4 aromatic rings. The van der Waals surface area contributed by atoms with Crippen LogP contribution in [0.1, 0.15) is 48.9 Å². The van der Waals surface area contributed by atoms with Crippen molar-refractivity contribution in [1.82, 2.24) is 0 Å². The molecule has 33 heavy (non-hydrogen) atoms. The first-order chi connectivity index (χ1) is 16.0. The Hall–Kier alpha value is -3.65. The molecule has 1 unspecified atom stereocenters. The molecule has 0 aromatic heterocycles. The Labute approximate surface area is 197 Å². The Balaban J connectivity index is 1.84. The summed E-state index contributed by atoms with van der Waals surface area (Å²) in [6.45, 7) is 5.92. The van der Waals surface area contributed by atoms with Gasteiger partial charge in [-0.1, -0.05) is 91.0 Å². The maximum absolute atomic E-state index is 7.85. The second-order valence-electron chi connectivity index (χ2n) is 8.78. The van der Waals surface area contributed by atoms with Gasteiger partial charge in [-0.2, -0.15) is 0 Å². The van der Waals surface area contributed by atoms with E-state index in [1.165, 1.54) is 27.5 Å². The molecule has 0 radical (unpaired) electrons. The van der Waals surface area contributed by atoms with Gasteiger partial charge in [0, 0.05) is 17.2 Å². The third-order valence-corrected chi connectivity index (χ3v) is 5.83. The molecule has 0 amide bonds. The van der Waals surface area contributed by atoms with Gasteiger partial charge < -0.3 is 10.1 Å². The first-order valence-electron chi connectivity index (χ1n) is 11.6. The van der Waals surface area contributed by atoms with Gasteiger partial charge in [-0.15, -0.1) is 0 Å². The van der Waals surface area contributed by atoms with Crippen LogP contribution in [0.25, 0.3) is 16.8 Å². The van der Waals surface area contributed by atoms with Crippen molar-refractivity contribution in [3.63, 3.8) is 0 Å². The fourth-order valence-corrected chi connectivity index (χ4v) is 4.28. The van der Waals surface area contributed by atoms with Gasteiger partial charge in [-0.3, -0.25) is 0 Å². The van der Waals surface area contributed by atoms with Gasteiger partial charge in [0.2, 0.25) is 0 Å². The van der Waals surface area contributed by atoms with Crippen LogP contribution in [-0.2, 0) is 6.42 Å². The molecule has 1 atom stereocenters. The molecular weight excluding hydrogens is 402 g/mol. The number of ether oxygens (including phenoxy) is 1. The smallest absolute Gasteiger partial charge is 0.123 e. The minimum Gasteiger partial charge on any atom is -0.491 e. The first kappa shape index (κ1) is 22.5. The van der Waals surface area contributed by atoms with Crippen molar-refractivity contribution in [3.8, 4) is 5.75 Å². The van der Waals surface area contributed by atoms with E-state index < -0.39 is 0 Å². The lowest BCUT2D eigenvalue weighted by molar-refractivity contribution is 0.239. The summed E-state index contributed by atoms with van der Waals surface area (Å²) in [5.74, 6) is 1.09. The van der Waals surface area contributed by atoms with Gasteiger partial charge >= 0.3 is 0 Å². The van der Waals surface area contributed by atoms with Crippen LogP contribution in [0.5, 0.6) is 5.75 Å². The summed E-state index contributed by atoms with van der Waals surface area (Å²) < 4.78 is 6.25. The van der Waals surface area contributed by atoms with E-state index in [1.807, 2.05) is 18.2 Å². The van der Waals surface area contributed by atoms with Crippen LogP contribution < -0.4 is 4.74 Å². The maximum Gasteiger partial charge on any atom is 0.123 e. The first-order valence-corrected chi connectivity index (χ1v) is 11.6. The van der Waals surface area contributed by atoms with E-state index in [2.05, 4.69) is 98.8 Å². The lowest BCUT2D eigenvalue weighted by Gasteiger charge is -2.23. The minimum atomic E-state index is 0.0864. The fraction of sp³-hybridized carbons (Fsp3) is 0.194. The summed E-state index contributed by atoms with van der Waals surface area (Å²) in [4.78, 5) is 0. The molecule has 0 bridgehead atoms. The van der Waals surface area contributed by atoms with Crippen LogP contribution in [0.3, 0.4) is 0 Å². The standard InChI is InChI=1S/C31H31NO/c1-22(2)33-31-15-9-14-26(17-16-23(3)32)30(31)21-29(25-11-5-4-6-12-25)28-19-18-24-10-7-8-13-27(24)20-28/h4-20,22,29,32H,21H2,1-3H3/b17-16-,32-23?. The van der Waals surface area contributed by atoms with E-state index in [-0.39, 0.29) is 12.0 Å². The van der Waals surface area contributed by atoms with Crippen molar-refractivity contribution in [2.24, 2.45) is 0 Å². The second-order valence-corrected chi connectivity index (χ2v) is 8.78. The van der Waals surface area contributed by atoms with E-state index in [1.54, 1.807) is 6.92 Å². The van der Waals surface area contributed by atoms with Crippen LogP contribution in [0.15, 0.2) is 97.1 Å². The van der Waals surface area contributed by atoms with Gasteiger partial charge in [0.15, 0.2) is 0 Å². The van der Waals surface area contributed by atoms with Crippen molar-refractivity contribution >= 4 is 22.6 Å². The monoisotopic (exact) mass is 433 g/mol. The van der Waals surface area contributed by atoms with E-state index in [0.29, 0.717) is 5.71 Å². The molecule has 0 fully saturated rings. The van der Waals surface area contributed by atoms with E-state index >= 15 is 0 Å². The highest BCUT2D eigenvalue weighted by Crippen LogP contribution is 2.35. The Morgan fingerprint density at radius 1 is 0.818 bits per heavy atom. The molecule has 0 aliphatic rings. The number of hydrogen-bond donors (Lipinski definition) is 1. The molecular formula is C31H31NO. The Bertz CT molecular complexity index is 1270. The Kier molecular flexibility index (Phi) is 7.04. The summed E-state index contributed by atoms with van der Waals surface area (Å²) in [6, 6.07) is 32.2. The average molecular weight is 434 g/mol. The largest absolute Gasteiger partial charge is 0.491 e. The molecule has 1 N–H and O–H groups in total. The normalized spacial score (nSPS) is 12.4. The highest BCUT2D eigenvalue weighted by molar-refractivity contribution is 5.94. The van der Waals surface area contributed by atoms with Crippen molar-refractivity contribution in [2.45, 2.75) is 39.2 Å². The highest BCUT2D eigenvalue weighted by atomic mass is 16.5. The topological polar surface area (TPSA) is 33.1 Å². The third-order valence-electron chi connectivity index (χ3n) is 5.83. The molecule has 0 aliphatic heterocycles. The minimum absolute atomic E-state index is 0.0864. The molecule has 0 saturated heterocycles. The summed E-state index contributed by atoms with van der Waals surface area (Å²) >= 11 is 0. The molecule has 4 rings (SSSR count). The summed E-state index contributed by atoms with van der Waals surface area (Å²) in [5, 5.41) is 10.4.